The molecule has 1 aromatic rings. The number of nitrogens with zero attached hydrogens (tertiary/aromatic N) is 4. The van der Waals surface area contributed by atoms with Crippen LogP contribution >= 0.6 is 0 Å². The zero-order valence-corrected chi connectivity index (χ0v) is 12.5. The van der Waals surface area contributed by atoms with E-state index >= 15 is 0 Å². The molecule has 0 saturated carbocycles. The van der Waals surface area contributed by atoms with Gasteiger partial charge in [-0.3, -0.25) is 14.3 Å². The minimum absolute atomic E-state index is 0.0306. The van der Waals surface area contributed by atoms with Crippen molar-refractivity contribution in [3.05, 3.63) is 18.0 Å². The lowest BCUT2D eigenvalue weighted by molar-refractivity contribution is -0.139. The first kappa shape index (κ1) is 14.6. The van der Waals surface area contributed by atoms with E-state index in [2.05, 4.69) is 5.10 Å². The number of hydrogen-bond donors (Lipinski definition) is 0. The van der Waals surface area contributed by atoms with Crippen molar-refractivity contribution in [2.75, 3.05) is 20.6 Å². The molecule has 0 bridgehead atoms. The third kappa shape index (κ3) is 2.84. The Bertz CT molecular complexity index is 507. The van der Waals surface area contributed by atoms with E-state index in [0.29, 0.717) is 25.4 Å². The van der Waals surface area contributed by atoms with Crippen molar-refractivity contribution in [2.45, 2.75) is 32.9 Å². The van der Waals surface area contributed by atoms with Gasteiger partial charge in [-0.2, -0.15) is 5.10 Å². The van der Waals surface area contributed by atoms with Crippen LogP contribution in [0, 0.1) is 5.92 Å². The van der Waals surface area contributed by atoms with Crippen LogP contribution in [0.3, 0.4) is 0 Å². The number of carbonyl (C=O) groups is 2. The summed E-state index contributed by atoms with van der Waals surface area (Å²) in [5, 5.41) is 4.23. The number of fused-ring (bicyclic) bond motifs is 1. The molecule has 20 heavy (non-hydrogen) atoms. The van der Waals surface area contributed by atoms with Gasteiger partial charge >= 0.3 is 0 Å². The first-order valence-electron chi connectivity index (χ1n) is 6.91. The van der Waals surface area contributed by atoms with E-state index in [1.807, 2.05) is 19.9 Å². The predicted octanol–water partition coefficient (Wildman–Crippen LogP) is 0.901. The highest BCUT2D eigenvalue weighted by Crippen LogP contribution is 2.22. The molecule has 0 radical (unpaired) electrons. The summed E-state index contributed by atoms with van der Waals surface area (Å²) in [6.45, 7) is 4.98. The third-order valence-electron chi connectivity index (χ3n) is 3.46. The summed E-state index contributed by atoms with van der Waals surface area (Å²) in [5.74, 6) is 0.387. The lowest BCUT2D eigenvalue weighted by atomic mass is 10.1. The normalized spacial score (nSPS) is 18.1. The van der Waals surface area contributed by atoms with Crippen molar-refractivity contribution in [3.63, 3.8) is 0 Å². The van der Waals surface area contributed by atoms with E-state index in [9.17, 15) is 9.59 Å². The fourth-order valence-corrected chi connectivity index (χ4v) is 2.44. The van der Waals surface area contributed by atoms with Crippen LogP contribution in [-0.2, 0) is 16.1 Å². The Morgan fingerprint density at radius 3 is 2.75 bits per heavy atom. The van der Waals surface area contributed by atoms with Crippen LogP contribution in [0.4, 0.5) is 0 Å². The highest BCUT2D eigenvalue weighted by molar-refractivity contribution is 5.82. The summed E-state index contributed by atoms with van der Waals surface area (Å²) in [4.78, 5) is 27.8. The van der Waals surface area contributed by atoms with E-state index in [1.54, 1.807) is 34.8 Å². The first-order valence-corrected chi connectivity index (χ1v) is 6.91. The van der Waals surface area contributed by atoms with Gasteiger partial charge in [-0.1, -0.05) is 13.8 Å². The quantitative estimate of drug-likeness (QED) is 0.825. The van der Waals surface area contributed by atoms with Crippen LogP contribution in [-0.4, -0.2) is 52.0 Å². The number of carbonyl (C=O) groups excluding carboxylic acids is 2. The molecule has 2 heterocycles. The van der Waals surface area contributed by atoms with Gasteiger partial charge in [-0.05, 0) is 12.0 Å². The molecule has 0 saturated heterocycles. The second-order valence-corrected chi connectivity index (χ2v) is 5.89. The van der Waals surface area contributed by atoms with Gasteiger partial charge in [0.1, 0.15) is 6.04 Å². The van der Waals surface area contributed by atoms with Gasteiger partial charge in [0.15, 0.2) is 0 Å². The van der Waals surface area contributed by atoms with Gasteiger partial charge in [-0.25, -0.2) is 0 Å². The highest BCUT2D eigenvalue weighted by Gasteiger charge is 2.33. The fourth-order valence-electron chi connectivity index (χ4n) is 2.44. The summed E-state index contributed by atoms with van der Waals surface area (Å²) < 4.78 is 1.74. The van der Waals surface area contributed by atoms with Gasteiger partial charge in [0.2, 0.25) is 11.8 Å². The number of hydrogen-bond acceptors (Lipinski definition) is 3. The molecule has 0 spiro atoms. The average Bonchev–Trinajstić information content (AvgIpc) is 2.83. The largest absolute Gasteiger partial charge is 0.347 e. The van der Waals surface area contributed by atoms with Crippen molar-refractivity contribution in [2.24, 2.45) is 5.92 Å². The molecule has 1 aliphatic heterocycles. The Hall–Kier alpha value is -1.85. The summed E-state index contributed by atoms with van der Waals surface area (Å²) in [6, 6.07) is 1.45. The Morgan fingerprint density at radius 1 is 1.45 bits per heavy atom. The molecule has 0 N–H and O–H groups in total. The van der Waals surface area contributed by atoms with Gasteiger partial charge < -0.3 is 9.80 Å². The molecule has 6 nitrogen and oxygen atoms in total. The minimum atomic E-state index is -0.417. The summed E-state index contributed by atoms with van der Waals surface area (Å²) in [5.41, 5.74) is 0.911. The van der Waals surface area contributed by atoms with E-state index in [-0.39, 0.29) is 11.8 Å². The first-order chi connectivity index (χ1) is 9.40. The maximum absolute atomic E-state index is 12.3. The van der Waals surface area contributed by atoms with E-state index in [1.165, 1.54) is 0 Å². The van der Waals surface area contributed by atoms with Crippen LogP contribution in [0.25, 0.3) is 0 Å². The molecule has 0 aromatic carbocycles. The summed E-state index contributed by atoms with van der Waals surface area (Å²) >= 11 is 0. The van der Waals surface area contributed by atoms with Crippen molar-refractivity contribution in [3.8, 4) is 0 Å². The molecule has 2 amide bonds. The van der Waals surface area contributed by atoms with Crippen LogP contribution in [0.15, 0.2) is 12.3 Å². The van der Waals surface area contributed by atoms with Crippen LogP contribution < -0.4 is 0 Å². The lowest BCUT2D eigenvalue weighted by Crippen LogP contribution is -2.47. The van der Waals surface area contributed by atoms with Crippen molar-refractivity contribution in [1.29, 1.82) is 0 Å². The topological polar surface area (TPSA) is 58.4 Å². The predicted molar refractivity (Wildman–Crippen MR) is 74.8 cm³/mol. The van der Waals surface area contributed by atoms with Gasteiger partial charge in [0.05, 0.1) is 18.8 Å². The van der Waals surface area contributed by atoms with E-state index in [4.69, 9.17) is 0 Å². The monoisotopic (exact) mass is 278 g/mol. The number of likely N-dealkylation sites (N-methyl/N-ethyl adjacent to an activating group) is 1. The molecule has 1 aliphatic rings. The Morgan fingerprint density at radius 2 is 2.15 bits per heavy atom. The van der Waals surface area contributed by atoms with E-state index in [0.717, 1.165) is 5.69 Å². The molecule has 0 fully saturated rings. The van der Waals surface area contributed by atoms with Gasteiger partial charge in [0.25, 0.3) is 0 Å². The SMILES string of the molecule is CC(C)CC(=O)N1Cc2ccnn2[C@@H](C(=O)N(C)C)C1. The van der Waals surface area contributed by atoms with Crippen LogP contribution in [0.5, 0.6) is 0 Å². The minimum Gasteiger partial charge on any atom is -0.347 e. The lowest BCUT2D eigenvalue weighted by Gasteiger charge is -2.34. The third-order valence-corrected chi connectivity index (χ3v) is 3.46. The van der Waals surface area contributed by atoms with Crippen LogP contribution in [0.2, 0.25) is 0 Å². The second kappa shape index (κ2) is 5.64. The van der Waals surface area contributed by atoms with Crippen molar-refractivity contribution >= 4 is 11.8 Å². The molecule has 1 atom stereocenters. The molecule has 0 aliphatic carbocycles. The average molecular weight is 278 g/mol. The maximum atomic E-state index is 12.3. The van der Waals surface area contributed by atoms with Crippen molar-refractivity contribution < 1.29 is 9.59 Å². The molecular weight excluding hydrogens is 256 g/mol. The summed E-state index contributed by atoms with van der Waals surface area (Å²) in [6.07, 6.45) is 2.19. The highest BCUT2D eigenvalue weighted by atomic mass is 16.2. The van der Waals surface area contributed by atoms with Gasteiger partial charge in [0, 0.05) is 26.7 Å². The van der Waals surface area contributed by atoms with Gasteiger partial charge in [-0.15, -0.1) is 0 Å². The fraction of sp³-hybridized carbons (Fsp3) is 0.643. The molecule has 6 heteroatoms. The number of rotatable bonds is 3. The van der Waals surface area contributed by atoms with Crippen molar-refractivity contribution in [1.82, 2.24) is 19.6 Å². The number of aromatic nitrogens is 2. The molecule has 2 rings (SSSR count). The standard InChI is InChI=1S/C14H22N4O2/c1-10(2)7-13(19)17-8-11-5-6-15-18(11)12(9-17)14(20)16(3)4/h5-6,10,12H,7-9H2,1-4H3/t12-/m1/s1. The smallest absolute Gasteiger partial charge is 0.248 e. The zero-order valence-electron chi connectivity index (χ0n) is 12.5. The molecular formula is C14H22N4O2. The van der Waals surface area contributed by atoms with E-state index < -0.39 is 6.04 Å². The zero-order chi connectivity index (χ0) is 14.9. The molecule has 1 aromatic heterocycles. The summed E-state index contributed by atoms with van der Waals surface area (Å²) in [7, 11) is 3.45. The number of amides is 2. The molecule has 0 unspecified atom stereocenters. The molecule has 110 valence electrons. The Balaban J connectivity index is 2.22. The van der Waals surface area contributed by atoms with Crippen LogP contribution in [0.1, 0.15) is 32.0 Å². The Labute approximate surface area is 119 Å². The second-order valence-electron chi connectivity index (χ2n) is 5.89. The Kier molecular flexibility index (Phi) is 4.11. The maximum Gasteiger partial charge on any atom is 0.248 e.